The Kier molecular flexibility index (Phi) is 10.7. The molecule has 0 amide bonds. The van der Waals surface area contributed by atoms with Gasteiger partial charge in [-0.2, -0.15) is 0 Å². The molecule has 0 saturated heterocycles. The molecule has 4 aromatic heterocycles. The van der Waals surface area contributed by atoms with Gasteiger partial charge in [0.25, 0.3) is 6.33 Å². The highest BCUT2D eigenvalue weighted by Crippen LogP contribution is 2.49. The van der Waals surface area contributed by atoms with Gasteiger partial charge in [-0.15, -0.1) is 0 Å². The Morgan fingerprint density at radius 1 is 0.398 bits per heavy atom. The number of pyridine rings is 1. The lowest BCUT2D eigenvalue weighted by Gasteiger charge is -2.21. The quantitative estimate of drug-likeness (QED) is 0.107. The number of fused-ring (bicyclic) bond motifs is 13. The molecular weight excluding hydrogens is 1190 g/mol. The van der Waals surface area contributed by atoms with Crippen LogP contribution >= 0.6 is 0 Å². The molecule has 0 fully saturated rings. The van der Waals surface area contributed by atoms with Gasteiger partial charge in [-0.1, -0.05) is 235 Å². The zero-order valence-corrected chi connectivity index (χ0v) is 54.5. The van der Waals surface area contributed by atoms with Crippen molar-refractivity contribution >= 4 is 54.8 Å². The Bertz CT molecular complexity index is 6730. The lowest BCUT2D eigenvalue weighted by molar-refractivity contribution is -0.570. The van der Waals surface area contributed by atoms with Crippen LogP contribution in [0.1, 0.15) is 70.5 Å². The molecule has 13 aromatic carbocycles. The average molecular weight is 1270 g/mol. The van der Waals surface area contributed by atoms with Gasteiger partial charge in [0.05, 0.1) is 51.3 Å². The Morgan fingerprint density at radius 2 is 0.990 bits per heavy atom. The Labute approximate surface area is 588 Å². The predicted molar refractivity (Wildman–Crippen MR) is 404 cm³/mol. The summed E-state index contributed by atoms with van der Waals surface area (Å²) in [7, 11) is 0. The van der Waals surface area contributed by atoms with Gasteiger partial charge in [-0.05, 0) is 208 Å². The van der Waals surface area contributed by atoms with E-state index >= 15 is 0 Å². The summed E-state index contributed by atoms with van der Waals surface area (Å²) in [5, 5.41) is 4.05. The molecule has 1 aliphatic heterocycles. The fourth-order valence-corrected chi connectivity index (χ4v) is 14.1. The van der Waals surface area contributed by atoms with E-state index in [9.17, 15) is 9.60 Å². The normalized spacial score (nSPS) is 14.0. The van der Waals surface area contributed by atoms with Crippen molar-refractivity contribution in [3.05, 3.63) is 321 Å². The van der Waals surface area contributed by atoms with Crippen LogP contribution in [0.15, 0.2) is 308 Å². The number of hydrogen-bond acceptors (Lipinski definition) is 3. The van der Waals surface area contributed by atoms with E-state index in [1.807, 2.05) is 103 Å². The first-order valence-electron chi connectivity index (χ1n) is 39.2. The second kappa shape index (κ2) is 22.8. The minimum Gasteiger partial charge on any atom is -0.458 e. The zero-order valence-electron chi connectivity index (χ0n) is 67.5. The molecule has 0 radical (unpaired) electrons. The number of benzene rings is 13. The van der Waals surface area contributed by atoms with Crippen molar-refractivity contribution in [2.24, 2.45) is 0 Å². The van der Waals surface area contributed by atoms with Crippen LogP contribution in [0.25, 0.3) is 161 Å². The molecule has 0 spiro atoms. The summed E-state index contributed by atoms with van der Waals surface area (Å²) >= 11 is 0. The largest absolute Gasteiger partial charge is 0.458 e. The van der Waals surface area contributed by atoms with Crippen molar-refractivity contribution in [2.45, 2.75) is 52.4 Å². The van der Waals surface area contributed by atoms with E-state index in [1.165, 1.54) is 0 Å². The monoisotopic (exact) mass is 1270 g/mol. The molecule has 468 valence electrons. The molecule has 1 aliphatic rings. The number of aromatic nitrogens is 4. The number of nitrogens with zero attached hydrogens (tertiary/aromatic N) is 4. The van der Waals surface area contributed by atoms with Crippen molar-refractivity contribution in [2.75, 3.05) is 0 Å². The summed E-state index contributed by atoms with van der Waals surface area (Å²) in [6, 6.07) is 64.5. The van der Waals surface area contributed by atoms with E-state index in [1.54, 1.807) is 6.07 Å². The molecule has 17 aromatic rings. The fraction of sp³-hybridized carbons (Fsp3) is 0.0870. The van der Waals surface area contributed by atoms with E-state index < -0.39 is 101 Å². The zero-order chi connectivity index (χ0) is 77.3. The van der Waals surface area contributed by atoms with Crippen LogP contribution < -0.4 is 9.30 Å². The van der Waals surface area contributed by atoms with Gasteiger partial charge in [0.2, 0.25) is 0 Å². The van der Waals surface area contributed by atoms with Gasteiger partial charge in [-0.3, -0.25) is 13.7 Å². The molecule has 0 unspecified atom stereocenters. The second-order valence-corrected chi connectivity index (χ2v) is 27.1. The van der Waals surface area contributed by atoms with Crippen molar-refractivity contribution in [1.29, 1.82) is 0 Å². The number of hydrogen-bond donors (Lipinski definition) is 0. The van der Waals surface area contributed by atoms with Gasteiger partial charge >= 0.3 is 0 Å². The highest BCUT2D eigenvalue weighted by molar-refractivity contribution is 6.10. The minimum absolute atomic E-state index is 0.126. The summed E-state index contributed by atoms with van der Waals surface area (Å²) < 4.78 is 140. The average Bonchev–Trinajstić information content (AvgIpc) is 1.50. The van der Waals surface area contributed by atoms with Gasteiger partial charge in [0.15, 0.2) is 0 Å². The molecule has 6 nitrogen and oxygen atoms in total. The van der Waals surface area contributed by atoms with Crippen LogP contribution in [0.3, 0.4) is 0 Å². The number of rotatable bonds is 9. The van der Waals surface area contributed by atoms with E-state index in [4.69, 9.17) is 22.4 Å². The third-order valence-electron chi connectivity index (χ3n) is 18.9. The van der Waals surface area contributed by atoms with Gasteiger partial charge in [0.1, 0.15) is 28.5 Å². The molecule has 0 saturated carbocycles. The van der Waals surface area contributed by atoms with E-state index in [2.05, 4.69) is 177 Å². The first-order chi connectivity index (χ1) is 53.2. The maximum absolute atomic E-state index is 10.3. The summed E-state index contributed by atoms with van der Waals surface area (Å²) in [4.78, 5) is 4.95. The van der Waals surface area contributed by atoms with E-state index in [-0.39, 0.29) is 22.0 Å². The first-order valence-corrected chi connectivity index (χ1v) is 32.7. The molecule has 98 heavy (non-hydrogen) atoms. The highest BCUT2D eigenvalue weighted by atomic mass is 16.5. The maximum atomic E-state index is 10.3. The lowest BCUT2D eigenvalue weighted by atomic mass is 9.84. The van der Waals surface area contributed by atoms with Crippen LogP contribution in [-0.2, 0) is 10.8 Å². The van der Waals surface area contributed by atoms with E-state index in [0.29, 0.717) is 34.0 Å². The first kappa shape index (κ1) is 46.1. The van der Waals surface area contributed by atoms with Crippen molar-refractivity contribution in [3.63, 3.8) is 0 Å². The van der Waals surface area contributed by atoms with Crippen molar-refractivity contribution in [1.82, 2.24) is 14.1 Å². The maximum Gasteiger partial charge on any atom is 0.269 e. The predicted octanol–water partition coefficient (Wildman–Crippen LogP) is 24.1. The van der Waals surface area contributed by atoms with E-state index in [0.717, 1.165) is 116 Å². The highest BCUT2D eigenvalue weighted by Gasteiger charge is 2.29. The van der Waals surface area contributed by atoms with Gasteiger partial charge in [0, 0.05) is 33.8 Å². The fourth-order valence-electron chi connectivity index (χ4n) is 14.1. The Morgan fingerprint density at radius 3 is 1.74 bits per heavy atom. The number of ether oxygens (including phenoxy) is 1. The SMILES string of the molecule is [2H]c1c([2H])c([2H])c(-c2c([2H])c(-c3ccc4c(c3)-c3cccc(-c5ccc(C(C)(C)C)cc5)c3-[n+]3[c-]n(-c5cccc(Oc6ccc7c8ccccc8n(-c8cc(C(C)(C)C)ccn8)c7c6)c5)c5cc(-c6ccc7oc8ccccc8c7c6)cc(c53)-c3ccccc3-4)c([2H])c(-c3c([2H])c([2H])c([2H])c([2H])c3[2H])c2[2H])c([2H])c1[2H]. The summed E-state index contributed by atoms with van der Waals surface area (Å²) in [5.41, 5.74) is 14.3. The van der Waals surface area contributed by atoms with Crippen LogP contribution in [0, 0.1) is 6.33 Å². The third-order valence-corrected chi connectivity index (χ3v) is 18.9. The van der Waals surface area contributed by atoms with Crippen LogP contribution in [0.2, 0.25) is 0 Å². The van der Waals surface area contributed by atoms with Gasteiger partial charge in [-0.25, -0.2) is 4.98 Å². The smallest absolute Gasteiger partial charge is 0.269 e. The molecule has 0 atom stereocenters. The molecule has 0 N–H and O–H groups in total. The Balaban J connectivity index is 0.915. The topological polar surface area (TPSA) is 49.0 Å². The van der Waals surface area contributed by atoms with Crippen molar-refractivity contribution < 1.29 is 31.5 Å². The minimum atomic E-state index is -0.744. The molecule has 5 heterocycles. The summed E-state index contributed by atoms with van der Waals surface area (Å²) in [6.07, 6.45) is 5.86. The molecule has 6 heteroatoms. The van der Waals surface area contributed by atoms with Crippen LogP contribution in [0.4, 0.5) is 0 Å². The molecular formula is C92H68N4O2. The van der Waals surface area contributed by atoms with Gasteiger partial charge < -0.3 is 9.15 Å². The number of furan rings is 1. The van der Waals surface area contributed by atoms with Crippen LogP contribution in [0.5, 0.6) is 11.5 Å². The van der Waals surface area contributed by atoms with Crippen molar-refractivity contribution in [3.8, 4) is 118 Å². The summed E-state index contributed by atoms with van der Waals surface area (Å²) in [6.45, 7) is 13.1. The third kappa shape index (κ3) is 10.0. The second-order valence-electron chi connectivity index (χ2n) is 27.1. The molecule has 0 aliphatic carbocycles. The van der Waals surface area contributed by atoms with Crippen LogP contribution in [-0.4, -0.2) is 14.1 Å². The number of para-hydroxylation sites is 3. The summed E-state index contributed by atoms with van der Waals surface area (Å²) in [5.74, 6) is 1.95. The molecule has 0 bridgehead atoms. The standard InChI is InChI=1S/C92H68N4O2/c1-91(2,3)67-39-35-60(36-40-67)72-31-20-32-79-80-50-61(65-48-63(58-21-9-7-10-22-58)47-64(49-65)59-23-11-8-12-24-59)37-42-75(80)73-27-13-14-28-74(73)82-52-66(62-38-44-87-81(51-62)78-30-16-18-34-86(78)98-87)53-85-90(82)95(89(72)79)57-94(85)69-25-19-26-70(55-69)97-71-41-43-77-76-29-15-17-33-83(76)96(84(77)56-71)88-54-68(45-46-93-88)92(4,5)6/h7-56H,1-6H3/i7D,8D,9D,10D,11D,12D,21D,22D,23D,24D,47D,48D,49D. The lowest BCUT2D eigenvalue weighted by Crippen LogP contribution is -2.32. The number of imidazole rings is 1. The molecule has 18 rings (SSSR count). The Hall–Kier alpha value is -12.1.